The lowest BCUT2D eigenvalue weighted by Gasteiger charge is -2.17. The first kappa shape index (κ1) is 19.3. The van der Waals surface area contributed by atoms with Crippen LogP contribution in [0.15, 0.2) is 42.5 Å². The van der Waals surface area contributed by atoms with Gasteiger partial charge in [-0.1, -0.05) is 35.3 Å². The van der Waals surface area contributed by atoms with Gasteiger partial charge in [-0.2, -0.15) is 0 Å². The highest BCUT2D eigenvalue weighted by Gasteiger charge is 2.18. The van der Waals surface area contributed by atoms with Gasteiger partial charge in [0.05, 0.1) is 17.8 Å². The molecule has 0 saturated carbocycles. The van der Waals surface area contributed by atoms with Gasteiger partial charge in [-0.3, -0.25) is 10.1 Å². The number of methoxy groups -OCH3 is 1. The zero-order valence-electron chi connectivity index (χ0n) is 13.5. The van der Waals surface area contributed by atoms with Crippen LogP contribution in [0.2, 0.25) is 10.0 Å². The number of carbonyl (C=O) groups excluding carboxylic acids is 1. The summed E-state index contributed by atoms with van der Waals surface area (Å²) < 4.78 is 10.8. The van der Waals surface area contributed by atoms with Gasteiger partial charge in [0.1, 0.15) is 11.5 Å². The summed E-state index contributed by atoms with van der Waals surface area (Å²) >= 11 is 17.0. The smallest absolute Gasteiger partial charge is 0.266 e. The van der Waals surface area contributed by atoms with Gasteiger partial charge < -0.3 is 14.8 Å². The Morgan fingerprint density at radius 1 is 1.16 bits per heavy atom. The van der Waals surface area contributed by atoms with E-state index < -0.39 is 12.0 Å². The Kier molecular flexibility index (Phi) is 6.87. The van der Waals surface area contributed by atoms with E-state index in [0.29, 0.717) is 27.2 Å². The summed E-state index contributed by atoms with van der Waals surface area (Å²) in [6, 6.07) is 12.0. The number of rotatable bonds is 5. The topological polar surface area (TPSA) is 59.6 Å². The molecule has 0 spiro atoms. The molecule has 0 aliphatic carbocycles. The highest BCUT2D eigenvalue weighted by Crippen LogP contribution is 2.28. The molecule has 1 amide bonds. The lowest BCUT2D eigenvalue weighted by Crippen LogP contribution is -2.42. The highest BCUT2D eigenvalue weighted by atomic mass is 35.5. The quantitative estimate of drug-likeness (QED) is 0.735. The van der Waals surface area contributed by atoms with Crippen LogP contribution in [0.25, 0.3) is 0 Å². The van der Waals surface area contributed by atoms with Gasteiger partial charge in [0, 0.05) is 5.02 Å². The fourth-order valence-electron chi connectivity index (χ4n) is 1.93. The summed E-state index contributed by atoms with van der Waals surface area (Å²) in [5, 5.41) is 6.40. The normalized spacial score (nSPS) is 11.4. The minimum absolute atomic E-state index is 0.132. The first-order chi connectivity index (χ1) is 11.9. The predicted octanol–water partition coefficient (Wildman–Crippen LogP) is 4.28. The van der Waals surface area contributed by atoms with Gasteiger partial charge in [0.25, 0.3) is 5.91 Å². The van der Waals surface area contributed by atoms with Crippen LogP contribution in [0.5, 0.6) is 11.5 Å². The Hall–Kier alpha value is -2.02. The van der Waals surface area contributed by atoms with E-state index in [2.05, 4.69) is 10.6 Å². The molecule has 0 aliphatic rings. The SMILES string of the molecule is COc1ccccc1NC(=S)NC(=O)C(C)Oc1ccc(Cl)cc1Cl. The summed E-state index contributed by atoms with van der Waals surface area (Å²) in [5.41, 5.74) is 0.643. The second kappa shape index (κ2) is 8.89. The average molecular weight is 399 g/mol. The Bertz CT molecular complexity index is 786. The number of anilines is 1. The van der Waals surface area contributed by atoms with Gasteiger partial charge in [0.2, 0.25) is 0 Å². The van der Waals surface area contributed by atoms with Crippen LogP contribution in [-0.2, 0) is 4.79 Å². The Labute approximate surface area is 161 Å². The predicted molar refractivity (Wildman–Crippen MR) is 104 cm³/mol. The van der Waals surface area contributed by atoms with Crippen LogP contribution in [0.4, 0.5) is 5.69 Å². The summed E-state index contributed by atoms with van der Waals surface area (Å²) in [4.78, 5) is 12.2. The molecule has 0 aromatic heterocycles. The van der Waals surface area contributed by atoms with Gasteiger partial charge in [-0.25, -0.2) is 0 Å². The maximum absolute atomic E-state index is 12.2. The Morgan fingerprint density at radius 3 is 2.56 bits per heavy atom. The molecule has 2 rings (SSSR count). The van der Waals surface area contributed by atoms with Crippen molar-refractivity contribution in [3.63, 3.8) is 0 Å². The van der Waals surface area contributed by atoms with Crippen LogP contribution in [0.1, 0.15) is 6.92 Å². The zero-order chi connectivity index (χ0) is 18.4. The number of amides is 1. The molecule has 0 aliphatic heterocycles. The molecular formula is C17H16Cl2N2O3S. The van der Waals surface area contributed by atoms with E-state index in [-0.39, 0.29) is 5.11 Å². The third kappa shape index (κ3) is 5.49. The largest absolute Gasteiger partial charge is 0.495 e. The van der Waals surface area contributed by atoms with Crippen molar-refractivity contribution >= 4 is 52.1 Å². The average Bonchev–Trinajstić information content (AvgIpc) is 2.57. The maximum Gasteiger partial charge on any atom is 0.266 e. The summed E-state index contributed by atoms with van der Waals surface area (Å²) in [6.07, 6.45) is -0.809. The Morgan fingerprint density at radius 2 is 1.88 bits per heavy atom. The summed E-state index contributed by atoms with van der Waals surface area (Å²) in [6.45, 7) is 1.59. The summed E-state index contributed by atoms with van der Waals surface area (Å²) in [7, 11) is 1.55. The fraction of sp³-hybridized carbons (Fsp3) is 0.176. The number of hydrogen-bond donors (Lipinski definition) is 2. The van der Waals surface area contributed by atoms with E-state index in [1.165, 1.54) is 6.07 Å². The lowest BCUT2D eigenvalue weighted by molar-refractivity contribution is -0.125. The first-order valence-corrected chi connectivity index (χ1v) is 8.43. The van der Waals surface area contributed by atoms with Crippen molar-refractivity contribution < 1.29 is 14.3 Å². The summed E-state index contributed by atoms with van der Waals surface area (Å²) in [5.74, 6) is 0.548. The molecule has 1 atom stereocenters. The van der Waals surface area contributed by atoms with Crippen molar-refractivity contribution in [1.29, 1.82) is 0 Å². The minimum atomic E-state index is -0.809. The highest BCUT2D eigenvalue weighted by molar-refractivity contribution is 7.80. The van der Waals surface area contributed by atoms with Crippen molar-refractivity contribution in [2.24, 2.45) is 0 Å². The molecule has 0 heterocycles. The standard InChI is InChI=1S/C17H16Cl2N2O3S/c1-10(24-14-8-7-11(18)9-12(14)19)16(22)21-17(25)20-13-5-3-4-6-15(13)23-2/h3-10H,1-2H3,(H2,20,21,22,25). The van der Waals surface area contributed by atoms with E-state index in [0.717, 1.165) is 0 Å². The monoisotopic (exact) mass is 398 g/mol. The molecule has 0 fully saturated rings. The number of ether oxygens (including phenoxy) is 2. The maximum atomic E-state index is 12.2. The molecule has 8 heteroatoms. The number of para-hydroxylation sites is 2. The van der Waals surface area contributed by atoms with E-state index in [1.54, 1.807) is 38.3 Å². The molecule has 25 heavy (non-hydrogen) atoms. The van der Waals surface area contributed by atoms with E-state index in [1.807, 2.05) is 12.1 Å². The van der Waals surface area contributed by atoms with Crippen molar-refractivity contribution in [3.8, 4) is 11.5 Å². The van der Waals surface area contributed by atoms with Crippen LogP contribution < -0.4 is 20.1 Å². The molecule has 0 bridgehead atoms. The number of nitrogens with one attached hydrogen (secondary N) is 2. The molecule has 1 unspecified atom stereocenters. The minimum Gasteiger partial charge on any atom is -0.495 e. The van der Waals surface area contributed by atoms with E-state index >= 15 is 0 Å². The number of benzene rings is 2. The van der Waals surface area contributed by atoms with Crippen molar-refractivity contribution in [3.05, 3.63) is 52.5 Å². The van der Waals surface area contributed by atoms with Gasteiger partial charge in [0.15, 0.2) is 11.2 Å². The molecule has 2 aromatic carbocycles. The van der Waals surface area contributed by atoms with Crippen molar-refractivity contribution in [1.82, 2.24) is 5.32 Å². The molecule has 5 nitrogen and oxygen atoms in total. The molecular weight excluding hydrogens is 383 g/mol. The van der Waals surface area contributed by atoms with E-state index in [9.17, 15) is 4.79 Å². The lowest BCUT2D eigenvalue weighted by atomic mass is 10.3. The van der Waals surface area contributed by atoms with Gasteiger partial charge in [-0.05, 0) is 49.5 Å². The first-order valence-electron chi connectivity index (χ1n) is 7.27. The molecule has 2 N–H and O–H groups in total. The van der Waals surface area contributed by atoms with Crippen molar-refractivity contribution in [2.45, 2.75) is 13.0 Å². The van der Waals surface area contributed by atoms with Gasteiger partial charge in [-0.15, -0.1) is 0 Å². The molecule has 2 aromatic rings. The molecule has 0 radical (unpaired) electrons. The number of hydrogen-bond acceptors (Lipinski definition) is 4. The second-order valence-electron chi connectivity index (χ2n) is 4.98. The van der Waals surface area contributed by atoms with Crippen LogP contribution in [0.3, 0.4) is 0 Å². The van der Waals surface area contributed by atoms with Crippen LogP contribution in [0, 0.1) is 0 Å². The van der Waals surface area contributed by atoms with Crippen molar-refractivity contribution in [2.75, 3.05) is 12.4 Å². The molecule has 132 valence electrons. The number of halogens is 2. The third-order valence-corrected chi connectivity index (χ3v) is 3.89. The molecule has 0 saturated heterocycles. The fourth-order valence-corrected chi connectivity index (χ4v) is 2.59. The second-order valence-corrected chi connectivity index (χ2v) is 6.23. The number of thiocarbonyl (C=S) groups is 1. The van der Waals surface area contributed by atoms with Crippen LogP contribution in [-0.4, -0.2) is 24.2 Å². The van der Waals surface area contributed by atoms with Gasteiger partial charge >= 0.3 is 0 Å². The zero-order valence-corrected chi connectivity index (χ0v) is 15.8. The van der Waals surface area contributed by atoms with E-state index in [4.69, 9.17) is 44.9 Å². The Balaban J connectivity index is 1.95. The number of carbonyl (C=O) groups is 1. The third-order valence-electron chi connectivity index (χ3n) is 3.16. The van der Waals surface area contributed by atoms with Crippen LogP contribution >= 0.6 is 35.4 Å².